The highest BCUT2D eigenvalue weighted by atomic mass is 14.2. The molecule has 0 heterocycles. The van der Waals surface area contributed by atoms with E-state index < -0.39 is 0 Å². The third-order valence-electron chi connectivity index (χ3n) is 9.22. The standard InChI is InChI=1S/C38H77/c1-5-9-12-15-18-20-21-23-25-27-32-37(8-4)33-30-31-36-38(34-28-24-17-14-11-7-3)35-29-26-22-19-16-13-10-6-2/h36-38H,5-35H2,1-4H3. The molecule has 0 fully saturated rings. The zero-order valence-corrected chi connectivity index (χ0v) is 27.7. The smallest absolute Gasteiger partial charge is 0.0355 e. The molecule has 0 bridgehead atoms. The van der Waals surface area contributed by atoms with Gasteiger partial charge in [0, 0.05) is 0 Å². The first kappa shape index (κ1) is 38.0. The second-order valence-corrected chi connectivity index (χ2v) is 13.0. The Labute approximate surface area is 244 Å². The van der Waals surface area contributed by atoms with Gasteiger partial charge in [-0.25, -0.2) is 0 Å². The first-order valence-corrected chi connectivity index (χ1v) is 18.6. The Morgan fingerprint density at radius 1 is 0.342 bits per heavy atom. The van der Waals surface area contributed by atoms with Crippen molar-refractivity contribution in [3.8, 4) is 0 Å². The minimum atomic E-state index is 0.906. The molecule has 0 saturated carbocycles. The molecule has 0 amide bonds. The van der Waals surface area contributed by atoms with Crippen LogP contribution in [0.2, 0.25) is 0 Å². The molecule has 0 heteroatoms. The molecule has 229 valence electrons. The van der Waals surface area contributed by atoms with E-state index in [9.17, 15) is 0 Å². The van der Waals surface area contributed by atoms with Crippen molar-refractivity contribution in [2.45, 2.75) is 227 Å². The van der Waals surface area contributed by atoms with Gasteiger partial charge >= 0.3 is 0 Å². The van der Waals surface area contributed by atoms with Crippen LogP contribution < -0.4 is 0 Å². The maximum absolute atomic E-state index is 2.78. The molecule has 0 N–H and O–H groups in total. The molecule has 0 aromatic heterocycles. The van der Waals surface area contributed by atoms with E-state index in [0.717, 1.165) is 11.8 Å². The lowest BCUT2D eigenvalue weighted by Gasteiger charge is -2.18. The number of rotatable bonds is 33. The van der Waals surface area contributed by atoms with Crippen molar-refractivity contribution in [2.24, 2.45) is 11.8 Å². The first-order chi connectivity index (χ1) is 18.8. The Morgan fingerprint density at radius 3 is 1.03 bits per heavy atom. The summed E-state index contributed by atoms with van der Waals surface area (Å²) in [4.78, 5) is 0. The highest BCUT2D eigenvalue weighted by Crippen LogP contribution is 2.26. The molecule has 0 spiro atoms. The molecule has 1 radical (unpaired) electrons. The lowest BCUT2D eigenvalue weighted by molar-refractivity contribution is 0.388. The van der Waals surface area contributed by atoms with Crippen LogP contribution in [-0.4, -0.2) is 0 Å². The quantitative estimate of drug-likeness (QED) is 0.0736. The number of unbranched alkanes of at least 4 members (excludes halogenated alkanes) is 22. The third-order valence-corrected chi connectivity index (χ3v) is 9.22. The summed E-state index contributed by atoms with van der Waals surface area (Å²) in [7, 11) is 0. The van der Waals surface area contributed by atoms with Gasteiger partial charge < -0.3 is 0 Å². The van der Waals surface area contributed by atoms with E-state index in [1.807, 2.05) is 0 Å². The molecular formula is C38H77. The fraction of sp³-hybridized carbons (Fsp3) is 0.974. The maximum Gasteiger partial charge on any atom is -0.0355 e. The van der Waals surface area contributed by atoms with Gasteiger partial charge in [0.25, 0.3) is 0 Å². The van der Waals surface area contributed by atoms with Crippen LogP contribution in [0.1, 0.15) is 227 Å². The SMILES string of the molecule is CCCCCCCCCCCCC(CC)CCC[CH]C(CCCCCCCC)CCCCCCCCCC. The van der Waals surface area contributed by atoms with E-state index in [2.05, 4.69) is 34.1 Å². The highest BCUT2D eigenvalue weighted by molar-refractivity contribution is 4.77. The molecule has 0 rings (SSSR count). The minimum Gasteiger partial charge on any atom is -0.0654 e. The predicted molar refractivity (Wildman–Crippen MR) is 177 cm³/mol. The Hall–Kier alpha value is 0. The van der Waals surface area contributed by atoms with Gasteiger partial charge in [-0.2, -0.15) is 0 Å². The lowest BCUT2D eigenvalue weighted by Crippen LogP contribution is -2.04. The number of hydrogen-bond donors (Lipinski definition) is 0. The van der Waals surface area contributed by atoms with Crippen LogP contribution in [0, 0.1) is 18.3 Å². The second kappa shape index (κ2) is 33.2. The van der Waals surface area contributed by atoms with Crippen LogP contribution in [-0.2, 0) is 0 Å². The fourth-order valence-electron chi connectivity index (χ4n) is 6.34. The summed E-state index contributed by atoms with van der Waals surface area (Å²) in [5.74, 6) is 1.89. The first-order valence-electron chi connectivity index (χ1n) is 18.6. The molecule has 0 aromatic carbocycles. The second-order valence-electron chi connectivity index (χ2n) is 13.0. The largest absolute Gasteiger partial charge is 0.0654 e. The Bertz CT molecular complexity index is 399. The average Bonchev–Trinajstić information content (AvgIpc) is 2.93. The van der Waals surface area contributed by atoms with Gasteiger partial charge in [-0.3, -0.25) is 0 Å². The van der Waals surface area contributed by atoms with Crippen LogP contribution in [0.4, 0.5) is 0 Å². The Kier molecular flexibility index (Phi) is 33.2. The molecule has 38 heavy (non-hydrogen) atoms. The van der Waals surface area contributed by atoms with Crippen molar-refractivity contribution in [1.29, 1.82) is 0 Å². The molecule has 2 atom stereocenters. The van der Waals surface area contributed by atoms with Crippen molar-refractivity contribution in [2.75, 3.05) is 0 Å². The van der Waals surface area contributed by atoms with Crippen LogP contribution in [0.25, 0.3) is 0 Å². The summed E-state index contributed by atoms with van der Waals surface area (Å²) in [6.07, 6.45) is 47.9. The molecular weight excluding hydrogens is 456 g/mol. The highest BCUT2D eigenvalue weighted by Gasteiger charge is 2.11. The Balaban J connectivity index is 3.97. The van der Waals surface area contributed by atoms with Gasteiger partial charge in [-0.1, -0.05) is 220 Å². The molecule has 0 aliphatic carbocycles. The summed E-state index contributed by atoms with van der Waals surface area (Å²) in [5.41, 5.74) is 0. The van der Waals surface area contributed by atoms with E-state index in [1.54, 1.807) is 0 Å². The van der Waals surface area contributed by atoms with Crippen molar-refractivity contribution in [3.05, 3.63) is 6.42 Å². The van der Waals surface area contributed by atoms with Crippen molar-refractivity contribution < 1.29 is 0 Å². The molecule has 0 aliphatic heterocycles. The Morgan fingerprint density at radius 2 is 0.658 bits per heavy atom. The van der Waals surface area contributed by atoms with Crippen LogP contribution in [0.5, 0.6) is 0 Å². The minimum absolute atomic E-state index is 0.906. The van der Waals surface area contributed by atoms with E-state index in [0.29, 0.717) is 0 Å². The molecule has 0 aliphatic rings. The fourth-order valence-corrected chi connectivity index (χ4v) is 6.34. The average molecular weight is 534 g/mol. The van der Waals surface area contributed by atoms with E-state index in [-0.39, 0.29) is 0 Å². The van der Waals surface area contributed by atoms with Gasteiger partial charge in [0.2, 0.25) is 0 Å². The molecule has 0 nitrogen and oxygen atoms in total. The summed E-state index contributed by atoms with van der Waals surface area (Å²) in [5, 5.41) is 0. The molecule has 2 unspecified atom stereocenters. The van der Waals surface area contributed by atoms with Crippen molar-refractivity contribution in [3.63, 3.8) is 0 Å². The third kappa shape index (κ3) is 29.0. The predicted octanol–water partition coefficient (Wildman–Crippen LogP) is 14.6. The van der Waals surface area contributed by atoms with Crippen LogP contribution >= 0.6 is 0 Å². The monoisotopic (exact) mass is 534 g/mol. The normalized spacial score (nSPS) is 13.3. The van der Waals surface area contributed by atoms with Crippen LogP contribution in [0.3, 0.4) is 0 Å². The van der Waals surface area contributed by atoms with Gasteiger partial charge in [-0.15, -0.1) is 0 Å². The maximum atomic E-state index is 2.78. The summed E-state index contributed by atoms with van der Waals surface area (Å²) < 4.78 is 0. The van der Waals surface area contributed by atoms with Gasteiger partial charge in [0.1, 0.15) is 0 Å². The zero-order chi connectivity index (χ0) is 27.8. The van der Waals surface area contributed by atoms with Gasteiger partial charge in [-0.05, 0) is 24.7 Å². The van der Waals surface area contributed by atoms with Crippen molar-refractivity contribution in [1.82, 2.24) is 0 Å². The van der Waals surface area contributed by atoms with E-state index in [1.165, 1.54) is 199 Å². The molecule has 0 saturated heterocycles. The van der Waals surface area contributed by atoms with Crippen molar-refractivity contribution >= 4 is 0 Å². The van der Waals surface area contributed by atoms with Gasteiger partial charge in [0.15, 0.2) is 0 Å². The topological polar surface area (TPSA) is 0 Å². The summed E-state index contributed by atoms with van der Waals surface area (Å²) >= 11 is 0. The lowest BCUT2D eigenvalue weighted by atomic mass is 9.87. The summed E-state index contributed by atoms with van der Waals surface area (Å²) in [6, 6.07) is 0. The molecule has 0 aromatic rings. The van der Waals surface area contributed by atoms with Gasteiger partial charge in [0.05, 0.1) is 0 Å². The van der Waals surface area contributed by atoms with E-state index >= 15 is 0 Å². The number of hydrogen-bond acceptors (Lipinski definition) is 0. The zero-order valence-electron chi connectivity index (χ0n) is 27.7. The van der Waals surface area contributed by atoms with E-state index in [4.69, 9.17) is 0 Å². The summed E-state index contributed by atoms with van der Waals surface area (Å²) in [6.45, 7) is 9.40. The van der Waals surface area contributed by atoms with Crippen LogP contribution in [0.15, 0.2) is 0 Å².